The number of nitrogens with zero attached hydrogens (tertiary/aromatic N) is 2. The molecule has 7 nitrogen and oxygen atoms in total. The number of aryl methyl sites for hydroxylation is 2. The van der Waals surface area contributed by atoms with E-state index in [0.29, 0.717) is 29.4 Å². The predicted molar refractivity (Wildman–Crippen MR) is 125 cm³/mol. The molecule has 2 atom stereocenters. The molecule has 0 radical (unpaired) electrons. The first-order valence-corrected chi connectivity index (χ1v) is 12.6. The summed E-state index contributed by atoms with van der Waals surface area (Å²) in [6.45, 7) is 2.33. The van der Waals surface area contributed by atoms with Crippen molar-refractivity contribution in [1.82, 2.24) is 9.55 Å². The van der Waals surface area contributed by atoms with Crippen LogP contribution < -0.4 is 0 Å². The quantitative estimate of drug-likeness (QED) is 0.390. The average Bonchev–Trinajstić information content (AvgIpc) is 3.43. The number of hydrogen-bond acceptors (Lipinski definition) is 6. The van der Waals surface area contributed by atoms with E-state index in [1.54, 1.807) is 36.8 Å². The van der Waals surface area contributed by atoms with E-state index in [4.69, 9.17) is 36.9 Å². The van der Waals surface area contributed by atoms with Crippen LogP contribution in [0.5, 0.6) is 0 Å². The molecular weight excluding hydrogens is 487 g/mol. The molecule has 0 bridgehead atoms. The van der Waals surface area contributed by atoms with Crippen LogP contribution in [-0.4, -0.2) is 43.1 Å². The molecule has 1 fully saturated rings. The maximum atomic E-state index is 12.5. The van der Waals surface area contributed by atoms with Crippen LogP contribution in [0, 0.1) is 6.92 Å². The summed E-state index contributed by atoms with van der Waals surface area (Å²) >= 11 is 12.3. The topological polar surface area (TPSA) is 79.7 Å². The lowest BCUT2D eigenvalue weighted by atomic mass is 10.0. The van der Waals surface area contributed by atoms with Crippen LogP contribution in [0.4, 0.5) is 0 Å². The van der Waals surface area contributed by atoms with Crippen LogP contribution in [0.1, 0.15) is 17.5 Å². The second-order valence-corrected chi connectivity index (χ2v) is 10.4. The third-order valence-corrected chi connectivity index (χ3v) is 7.29. The van der Waals surface area contributed by atoms with E-state index in [-0.39, 0.29) is 18.1 Å². The number of aromatic nitrogens is 2. The smallest absolute Gasteiger partial charge is 0.297 e. The fraction of sp³-hybridized carbons (Fsp3) is 0.348. The monoisotopic (exact) mass is 510 g/mol. The lowest BCUT2D eigenvalue weighted by Crippen LogP contribution is -2.37. The van der Waals surface area contributed by atoms with Crippen molar-refractivity contribution in [3.8, 4) is 0 Å². The molecule has 2 aromatic carbocycles. The van der Waals surface area contributed by atoms with Gasteiger partial charge in [0.2, 0.25) is 0 Å². The highest BCUT2D eigenvalue weighted by Gasteiger charge is 2.42. The summed E-state index contributed by atoms with van der Waals surface area (Å²) < 4.78 is 44.5. The van der Waals surface area contributed by atoms with Gasteiger partial charge in [0.1, 0.15) is 6.10 Å². The first-order valence-electron chi connectivity index (χ1n) is 10.4. The molecule has 1 aliphatic heterocycles. The number of ether oxygens (including phenoxy) is 2. The van der Waals surface area contributed by atoms with Crippen molar-refractivity contribution >= 4 is 33.3 Å². The Morgan fingerprint density at radius 2 is 2.00 bits per heavy atom. The van der Waals surface area contributed by atoms with Gasteiger partial charge in [0.15, 0.2) is 5.79 Å². The number of benzene rings is 2. The van der Waals surface area contributed by atoms with Crippen molar-refractivity contribution in [2.75, 3.05) is 13.2 Å². The Morgan fingerprint density at radius 1 is 1.21 bits per heavy atom. The Kier molecular flexibility index (Phi) is 7.43. The minimum atomic E-state index is -3.90. The van der Waals surface area contributed by atoms with Gasteiger partial charge in [-0.2, -0.15) is 8.42 Å². The summed E-state index contributed by atoms with van der Waals surface area (Å²) in [6, 6.07) is 11.9. The van der Waals surface area contributed by atoms with E-state index < -0.39 is 22.0 Å². The second kappa shape index (κ2) is 10.1. The van der Waals surface area contributed by atoms with E-state index in [9.17, 15) is 8.42 Å². The fourth-order valence-electron chi connectivity index (χ4n) is 3.64. The van der Waals surface area contributed by atoms with Crippen LogP contribution in [0.15, 0.2) is 66.1 Å². The van der Waals surface area contributed by atoms with E-state index >= 15 is 0 Å². The molecule has 10 heteroatoms. The molecule has 0 saturated carbocycles. The second-order valence-electron chi connectivity index (χ2n) is 7.98. The highest BCUT2D eigenvalue weighted by atomic mass is 35.5. The summed E-state index contributed by atoms with van der Waals surface area (Å²) in [7, 11) is -3.90. The third kappa shape index (κ3) is 6.15. The van der Waals surface area contributed by atoms with Gasteiger partial charge < -0.3 is 14.0 Å². The molecule has 1 aliphatic rings. The average molecular weight is 511 g/mol. The van der Waals surface area contributed by atoms with Crippen LogP contribution >= 0.6 is 23.2 Å². The summed E-state index contributed by atoms with van der Waals surface area (Å²) in [5, 5.41) is 1.14. The molecule has 4 rings (SSSR count). The summed E-state index contributed by atoms with van der Waals surface area (Å²) in [5.74, 6) is -0.981. The van der Waals surface area contributed by atoms with E-state index in [2.05, 4.69) is 4.98 Å². The molecule has 176 valence electrons. The number of imidazole rings is 1. The van der Waals surface area contributed by atoms with Gasteiger partial charge in [0.25, 0.3) is 10.1 Å². The highest BCUT2D eigenvalue weighted by molar-refractivity contribution is 7.86. The molecule has 3 aromatic rings. The Labute approximate surface area is 203 Å². The lowest BCUT2D eigenvalue weighted by molar-refractivity contribution is -0.184. The zero-order valence-electron chi connectivity index (χ0n) is 18.0. The molecule has 0 spiro atoms. The maximum Gasteiger partial charge on any atom is 0.297 e. The minimum absolute atomic E-state index is 0.106. The van der Waals surface area contributed by atoms with Crippen LogP contribution in [0.2, 0.25) is 10.0 Å². The molecule has 0 N–H and O–H groups in total. The number of halogens is 2. The van der Waals surface area contributed by atoms with Crippen LogP contribution in [-0.2, 0) is 36.7 Å². The minimum Gasteiger partial charge on any atom is -0.345 e. The lowest BCUT2D eigenvalue weighted by Gasteiger charge is -2.29. The highest BCUT2D eigenvalue weighted by Crippen LogP contribution is 2.33. The largest absolute Gasteiger partial charge is 0.345 e. The van der Waals surface area contributed by atoms with Crippen molar-refractivity contribution < 1.29 is 22.1 Å². The van der Waals surface area contributed by atoms with Crippen molar-refractivity contribution in [2.24, 2.45) is 0 Å². The Morgan fingerprint density at radius 3 is 2.70 bits per heavy atom. The number of hydrogen-bond donors (Lipinski definition) is 0. The normalized spacial score (nSPS) is 20.9. The Hall–Kier alpha value is -1.94. The first kappa shape index (κ1) is 24.2. The molecule has 1 aromatic heterocycles. The van der Waals surface area contributed by atoms with Gasteiger partial charge in [-0.05, 0) is 43.2 Å². The van der Waals surface area contributed by atoms with Gasteiger partial charge in [-0.3, -0.25) is 4.18 Å². The zero-order chi connectivity index (χ0) is 23.5. The van der Waals surface area contributed by atoms with Crippen molar-refractivity contribution in [1.29, 1.82) is 0 Å². The number of rotatable bonds is 9. The Bertz CT molecular complexity index is 1190. The first-order chi connectivity index (χ1) is 15.7. The van der Waals surface area contributed by atoms with Gasteiger partial charge in [-0.15, -0.1) is 0 Å². The van der Waals surface area contributed by atoms with Gasteiger partial charge in [0, 0.05) is 28.9 Å². The molecule has 0 unspecified atom stereocenters. The maximum absolute atomic E-state index is 12.5. The fourth-order valence-corrected chi connectivity index (χ4v) is 5.08. The molecule has 0 aliphatic carbocycles. The third-order valence-electron chi connectivity index (χ3n) is 5.41. The molecule has 2 heterocycles. The van der Waals surface area contributed by atoms with Crippen molar-refractivity contribution in [3.63, 3.8) is 0 Å². The van der Waals surface area contributed by atoms with Gasteiger partial charge in [-0.1, -0.05) is 47.0 Å². The Balaban J connectivity index is 1.44. The molecule has 0 amide bonds. The summed E-state index contributed by atoms with van der Waals surface area (Å²) in [5.41, 5.74) is 1.88. The SMILES string of the molecule is Cc1ccc(S(=O)(=O)OC[C@@H]2CO[C@](CCc3ccc(Cl)cc3Cl)(Cn3ccnc3)O2)cc1. The van der Waals surface area contributed by atoms with Gasteiger partial charge in [-0.25, -0.2) is 4.98 Å². The van der Waals surface area contributed by atoms with Gasteiger partial charge in [0.05, 0.1) is 31.0 Å². The van der Waals surface area contributed by atoms with E-state index in [1.807, 2.05) is 23.8 Å². The standard InChI is InChI=1S/C23H24Cl2N2O5S/c1-17-2-6-21(7-3-17)33(28,29)31-14-20-13-30-23(32-20,15-27-11-10-26-16-27)9-8-18-4-5-19(24)12-22(18)25/h2-7,10-12,16,20H,8-9,13-15H2,1H3/t20-,23-/m0/s1. The predicted octanol–water partition coefficient (Wildman–Crippen LogP) is 4.65. The van der Waals surface area contributed by atoms with E-state index in [0.717, 1.165) is 11.1 Å². The van der Waals surface area contributed by atoms with Crippen LogP contribution in [0.3, 0.4) is 0 Å². The van der Waals surface area contributed by atoms with Crippen molar-refractivity contribution in [3.05, 3.63) is 82.4 Å². The van der Waals surface area contributed by atoms with Crippen LogP contribution in [0.25, 0.3) is 0 Å². The zero-order valence-corrected chi connectivity index (χ0v) is 20.3. The van der Waals surface area contributed by atoms with Gasteiger partial charge >= 0.3 is 0 Å². The summed E-state index contributed by atoms with van der Waals surface area (Å²) in [6.07, 6.45) is 5.70. The summed E-state index contributed by atoms with van der Waals surface area (Å²) in [4.78, 5) is 4.18. The van der Waals surface area contributed by atoms with Crippen molar-refractivity contribution in [2.45, 2.75) is 43.1 Å². The molecule has 33 heavy (non-hydrogen) atoms. The molecule has 1 saturated heterocycles. The molecular formula is C23H24Cl2N2O5S. The van der Waals surface area contributed by atoms with E-state index in [1.165, 1.54) is 12.1 Å².